The summed E-state index contributed by atoms with van der Waals surface area (Å²) < 4.78 is 15.9. The van der Waals surface area contributed by atoms with Crippen LogP contribution in [0.2, 0.25) is 0 Å². The number of para-hydroxylation sites is 2. The van der Waals surface area contributed by atoms with Crippen LogP contribution in [-0.4, -0.2) is 21.1 Å². The SMILES string of the molecule is O=C(CSc1nc2ccccc2c(=O)n1-c1ccccc1F)c1ccc(C2CCCCC2)cc1. The van der Waals surface area contributed by atoms with Crippen molar-refractivity contribution >= 4 is 28.4 Å². The molecular weight excluding hydrogens is 447 g/mol. The van der Waals surface area contributed by atoms with Gasteiger partial charge in [0.2, 0.25) is 0 Å². The molecule has 3 aromatic carbocycles. The minimum atomic E-state index is -0.520. The van der Waals surface area contributed by atoms with Gasteiger partial charge in [-0.15, -0.1) is 0 Å². The van der Waals surface area contributed by atoms with Crippen molar-refractivity contribution in [2.45, 2.75) is 43.2 Å². The summed E-state index contributed by atoms with van der Waals surface area (Å²) in [6.45, 7) is 0. The summed E-state index contributed by atoms with van der Waals surface area (Å²) in [4.78, 5) is 30.8. The highest BCUT2D eigenvalue weighted by Gasteiger charge is 2.19. The fourth-order valence-electron chi connectivity index (χ4n) is 4.65. The second-order valence-electron chi connectivity index (χ2n) is 8.67. The summed E-state index contributed by atoms with van der Waals surface area (Å²) in [7, 11) is 0. The van der Waals surface area contributed by atoms with Gasteiger partial charge in [0.15, 0.2) is 10.9 Å². The Morgan fingerprint density at radius 2 is 1.65 bits per heavy atom. The fraction of sp³-hybridized carbons (Fsp3) is 0.250. The van der Waals surface area contributed by atoms with Crippen LogP contribution in [0.3, 0.4) is 0 Å². The molecule has 1 aliphatic rings. The molecule has 4 nitrogen and oxygen atoms in total. The van der Waals surface area contributed by atoms with Gasteiger partial charge in [0.05, 0.1) is 22.3 Å². The molecule has 0 saturated heterocycles. The van der Waals surface area contributed by atoms with Crippen molar-refractivity contribution in [1.82, 2.24) is 9.55 Å². The van der Waals surface area contributed by atoms with Gasteiger partial charge in [0, 0.05) is 5.56 Å². The maximum absolute atomic E-state index is 14.6. The third-order valence-corrected chi connectivity index (χ3v) is 7.42. The average molecular weight is 473 g/mol. The minimum Gasteiger partial charge on any atom is -0.293 e. The van der Waals surface area contributed by atoms with Crippen molar-refractivity contribution in [3.63, 3.8) is 0 Å². The van der Waals surface area contributed by atoms with Crippen LogP contribution in [-0.2, 0) is 0 Å². The van der Waals surface area contributed by atoms with E-state index in [1.807, 2.05) is 12.1 Å². The number of benzene rings is 3. The molecule has 1 heterocycles. The molecule has 1 saturated carbocycles. The van der Waals surface area contributed by atoms with E-state index in [2.05, 4.69) is 17.1 Å². The number of nitrogens with zero attached hydrogens (tertiary/aromatic N) is 2. The number of carbonyl (C=O) groups is 1. The summed E-state index contributed by atoms with van der Waals surface area (Å²) in [6, 6.07) is 21.0. The third-order valence-electron chi connectivity index (χ3n) is 6.48. The number of hydrogen-bond acceptors (Lipinski definition) is 4. The molecule has 1 fully saturated rings. The summed E-state index contributed by atoms with van der Waals surface area (Å²) in [5, 5.41) is 0.695. The summed E-state index contributed by atoms with van der Waals surface area (Å²) in [6.07, 6.45) is 6.27. The topological polar surface area (TPSA) is 52.0 Å². The van der Waals surface area contributed by atoms with Crippen LogP contribution in [0, 0.1) is 5.82 Å². The normalized spacial score (nSPS) is 14.4. The molecule has 6 heteroatoms. The Kier molecular flexibility index (Phi) is 6.59. The maximum atomic E-state index is 14.6. The third kappa shape index (κ3) is 4.55. The number of Topliss-reactive ketones (excluding diaryl/α,β-unsaturated/α-hetero) is 1. The van der Waals surface area contributed by atoms with Crippen molar-refractivity contribution < 1.29 is 9.18 Å². The lowest BCUT2D eigenvalue weighted by Gasteiger charge is -2.22. The molecule has 0 amide bonds. The molecule has 0 aliphatic heterocycles. The van der Waals surface area contributed by atoms with Gasteiger partial charge >= 0.3 is 0 Å². The zero-order valence-corrected chi connectivity index (χ0v) is 19.6. The molecule has 0 radical (unpaired) electrons. The molecule has 172 valence electrons. The number of ketones is 1. The van der Waals surface area contributed by atoms with Crippen LogP contribution < -0.4 is 5.56 Å². The fourth-order valence-corrected chi connectivity index (χ4v) is 5.55. The lowest BCUT2D eigenvalue weighted by atomic mass is 9.84. The first-order valence-corrected chi connectivity index (χ1v) is 12.6. The molecule has 34 heavy (non-hydrogen) atoms. The maximum Gasteiger partial charge on any atom is 0.266 e. The lowest BCUT2D eigenvalue weighted by Crippen LogP contribution is -2.23. The van der Waals surface area contributed by atoms with Crippen molar-refractivity contribution in [2.24, 2.45) is 0 Å². The predicted octanol–water partition coefficient (Wildman–Crippen LogP) is 6.55. The van der Waals surface area contributed by atoms with Crippen LogP contribution in [0.4, 0.5) is 4.39 Å². The molecule has 0 atom stereocenters. The molecule has 1 aromatic heterocycles. The van der Waals surface area contributed by atoms with Gasteiger partial charge in [-0.2, -0.15) is 0 Å². The van der Waals surface area contributed by atoms with Crippen molar-refractivity contribution in [3.8, 4) is 5.69 Å². The number of halogens is 1. The lowest BCUT2D eigenvalue weighted by molar-refractivity contribution is 0.102. The van der Waals surface area contributed by atoms with E-state index in [0.29, 0.717) is 27.5 Å². The van der Waals surface area contributed by atoms with Gasteiger partial charge in [0.25, 0.3) is 5.56 Å². The molecule has 0 spiro atoms. The van der Waals surface area contributed by atoms with E-state index < -0.39 is 5.82 Å². The number of fused-ring (bicyclic) bond motifs is 1. The Morgan fingerprint density at radius 1 is 0.941 bits per heavy atom. The van der Waals surface area contributed by atoms with Gasteiger partial charge in [-0.3, -0.25) is 14.2 Å². The first kappa shape index (κ1) is 22.5. The van der Waals surface area contributed by atoms with E-state index in [0.717, 1.165) is 11.8 Å². The number of carbonyl (C=O) groups excluding carboxylic acids is 1. The van der Waals surface area contributed by atoms with Gasteiger partial charge < -0.3 is 0 Å². The monoisotopic (exact) mass is 472 g/mol. The zero-order chi connectivity index (χ0) is 23.5. The van der Waals surface area contributed by atoms with E-state index in [4.69, 9.17) is 0 Å². The second kappa shape index (κ2) is 9.94. The second-order valence-corrected chi connectivity index (χ2v) is 9.61. The minimum absolute atomic E-state index is 0.0531. The van der Waals surface area contributed by atoms with E-state index in [1.54, 1.807) is 42.5 Å². The Bertz CT molecular complexity index is 1390. The van der Waals surface area contributed by atoms with Crippen LogP contribution in [0.15, 0.2) is 82.7 Å². The van der Waals surface area contributed by atoms with Crippen LogP contribution in [0.1, 0.15) is 53.9 Å². The zero-order valence-electron chi connectivity index (χ0n) is 18.7. The molecular formula is C28H25FN2O2S. The van der Waals surface area contributed by atoms with Gasteiger partial charge in [-0.05, 0) is 48.6 Å². The van der Waals surface area contributed by atoms with Gasteiger partial charge in [0.1, 0.15) is 5.82 Å². The van der Waals surface area contributed by atoms with Crippen LogP contribution >= 0.6 is 11.8 Å². The van der Waals surface area contributed by atoms with Gasteiger partial charge in [-0.25, -0.2) is 9.37 Å². The number of rotatable bonds is 6. The standard InChI is InChI=1S/C28H25FN2O2S/c29-23-11-5-7-13-25(23)31-27(33)22-10-4-6-12-24(22)30-28(31)34-18-26(32)21-16-14-20(15-17-21)19-8-2-1-3-9-19/h4-7,10-17,19H,1-3,8-9,18H2. The first-order chi connectivity index (χ1) is 16.6. The van der Waals surface area contributed by atoms with Gasteiger partial charge in [-0.1, -0.05) is 79.6 Å². The Hall–Kier alpha value is -3.25. The average Bonchev–Trinajstić information content (AvgIpc) is 2.89. The largest absolute Gasteiger partial charge is 0.293 e. The van der Waals surface area contributed by atoms with Crippen LogP contribution in [0.5, 0.6) is 0 Å². The van der Waals surface area contributed by atoms with E-state index in [-0.39, 0.29) is 22.8 Å². The summed E-state index contributed by atoms with van der Waals surface area (Å²) in [5.74, 6) is 0.113. The quantitative estimate of drug-likeness (QED) is 0.181. The summed E-state index contributed by atoms with van der Waals surface area (Å²) in [5.41, 5.74) is 2.22. The molecule has 0 unspecified atom stereocenters. The molecule has 1 aliphatic carbocycles. The number of hydrogen-bond donors (Lipinski definition) is 0. The Labute approximate surface area is 201 Å². The van der Waals surface area contributed by atoms with Crippen molar-refractivity contribution in [2.75, 3.05) is 5.75 Å². The predicted molar refractivity (Wildman–Crippen MR) is 135 cm³/mol. The van der Waals surface area contributed by atoms with Crippen LogP contribution in [0.25, 0.3) is 16.6 Å². The Balaban J connectivity index is 1.42. The van der Waals surface area contributed by atoms with E-state index in [9.17, 15) is 14.0 Å². The first-order valence-electron chi connectivity index (χ1n) is 11.6. The highest BCUT2D eigenvalue weighted by Crippen LogP contribution is 2.32. The van der Waals surface area contributed by atoms with Crippen molar-refractivity contribution in [3.05, 3.63) is 100 Å². The molecule has 0 N–H and O–H groups in total. The molecule has 5 rings (SSSR count). The smallest absolute Gasteiger partial charge is 0.266 e. The molecule has 4 aromatic rings. The van der Waals surface area contributed by atoms with Crippen molar-refractivity contribution in [1.29, 1.82) is 0 Å². The highest BCUT2D eigenvalue weighted by molar-refractivity contribution is 7.99. The van der Waals surface area contributed by atoms with E-state index >= 15 is 0 Å². The number of thioether (sulfide) groups is 1. The summed E-state index contributed by atoms with van der Waals surface area (Å²) >= 11 is 1.15. The van der Waals surface area contributed by atoms with E-state index in [1.165, 1.54) is 48.3 Å². The Morgan fingerprint density at radius 3 is 2.41 bits per heavy atom. The number of aromatic nitrogens is 2. The highest BCUT2D eigenvalue weighted by atomic mass is 32.2. The molecule has 0 bridgehead atoms.